The van der Waals surface area contributed by atoms with Gasteiger partial charge in [-0.15, -0.1) is 0 Å². The first-order valence-electron chi connectivity index (χ1n) is 13.0. The molecule has 1 saturated carbocycles. The minimum absolute atomic E-state index is 0.0476. The number of hydrogen-bond donors (Lipinski definition) is 2. The molecule has 7 heteroatoms. The van der Waals surface area contributed by atoms with Gasteiger partial charge in [0.15, 0.2) is 0 Å². The number of pyridine rings is 1. The van der Waals surface area contributed by atoms with Crippen molar-refractivity contribution < 1.29 is 14.6 Å². The molecule has 2 fully saturated rings. The van der Waals surface area contributed by atoms with Gasteiger partial charge in [-0.3, -0.25) is 9.69 Å². The summed E-state index contributed by atoms with van der Waals surface area (Å²) < 4.78 is 6.14. The fourth-order valence-corrected chi connectivity index (χ4v) is 5.52. The van der Waals surface area contributed by atoms with Gasteiger partial charge in [0.1, 0.15) is 11.9 Å². The normalized spacial score (nSPS) is 20.6. The first kappa shape index (κ1) is 23.8. The van der Waals surface area contributed by atoms with E-state index in [2.05, 4.69) is 23.5 Å². The summed E-state index contributed by atoms with van der Waals surface area (Å²) in [6.45, 7) is 2.98. The van der Waals surface area contributed by atoms with E-state index in [1.54, 1.807) is 0 Å². The van der Waals surface area contributed by atoms with Gasteiger partial charge in [-0.25, -0.2) is 4.98 Å². The van der Waals surface area contributed by atoms with Gasteiger partial charge in [0.05, 0.1) is 17.7 Å². The fraction of sp³-hybridized carbons (Fsp3) is 0.536. The molecule has 7 nitrogen and oxygen atoms in total. The maximum atomic E-state index is 12.3. The Morgan fingerprint density at radius 3 is 2.94 bits per heavy atom. The van der Waals surface area contributed by atoms with E-state index >= 15 is 0 Å². The highest BCUT2D eigenvalue weighted by Crippen LogP contribution is 2.45. The summed E-state index contributed by atoms with van der Waals surface area (Å²) in [5.74, 6) is 0.515. The molecule has 2 atom stereocenters. The van der Waals surface area contributed by atoms with Gasteiger partial charge in [-0.05, 0) is 86.1 Å². The van der Waals surface area contributed by atoms with Crippen molar-refractivity contribution in [1.29, 1.82) is 5.26 Å². The highest BCUT2D eigenvalue weighted by Gasteiger charge is 2.38. The summed E-state index contributed by atoms with van der Waals surface area (Å²) in [4.78, 5) is 19.1. The van der Waals surface area contributed by atoms with Crippen LogP contribution in [0.4, 0.5) is 5.82 Å². The van der Waals surface area contributed by atoms with Gasteiger partial charge >= 0.3 is 5.97 Å². The second kappa shape index (κ2) is 10.8. The van der Waals surface area contributed by atoms with Crippen molar-refractivity contribution in [2.45, 2.75) is 69.4 Å². The third-order valence-electron chi connectivity index (χ3n) is 7.45. The van der Waals surface area contributed by atoms with Crippen LogP contribution < -0.4 is 5.32 Å². The Kier molecular flexibility index (Phi) is 7.31. The Labute approximate surface area is 207 Å². The molecule has 2 unspecified atom stereocenters. The molecule has 1 saturated heterocycles. The lowest BCUT2D eigenvalue weighted by Crippen LogP contribution is -2.34. The number of benzene rings is 1. The summed E-state index contributed by atoms with van der Waals surface area (Å²) in [7, 11) is 0. The number of aliphatic carboxylic acids is 1. The Hall–Kier alpha value is -2.95. The molecule has 0 amide bonds. The Balaban J connectivity index is 1.12. The summed E-state index contributed by atoms with van der Waals surface area (Å²) in [5.41, 5.74) is 4.79. The van der Waals surface area contributed by atoms with Crippen LogP contribution in [0.15, 0.2) is 30.3 Å². The minimum atomic E-state index is -0.852. The SMILES string of the molecule is N#Cc1cccc(C(C(=O)O)N2CCC(OCCCCc3ccc4c(n3)NCCC4)C2)c1C1CC1. The summed E-state index contributed by atoms with van der Waals surface area (Å²) in [6, 6.07) is 11.4. The van der Waals surface area contributed by atoms with Crippen LogP contribution in [0, 0.1) is 11.3 Å². The fourth-order valence-electron chi connectivity index (χ4n) is 5.52. The number of likely N-dealkylation sites (tertiary alicyclic amines) is 1. The van der Waals surface area contributed by atoms with Gasteiger partial charge < -0.3 is 15.2 Å². The monoisotopic (exact) mass is 474 g/mol. The average molecular weight is 475 g/mol. The van der Waals surface area contributed by atoms with E-state index in [4.69, 9.17) is 9.72 Å². The zero-order chi connectivity index (χ0) is 24.2. The number of nitrogens with one attached hydrogen (secondary N) is 1. The smallest absolute Gasteiger partial charge is 0.325 e. The number of carboxylic acid groups (broad SMARTS) is 1. The third-order valence-corrected chi connectivity index (χ3v) is 7.45. The Morgan fingerprint density at radius 2 is 2.14 bits per heavy atom. The lowest BCUT2D eigenvalue weighted by atomic mass is 9.92. The van der Waals surface area contributed by atoms with Crippen molar-refractivity contribution in [3.05, 3.63) is 58.3 Å². The molecule has 3 aliphatic rings. The average Bonchev–Trinajstić information content (AvgIpc) is 3.61. The predicted molar refractivity (Wildman–Crippen MR) is 133 cm³/mol. The molecule has 1 aromatic heterocycles. The van der Waals surface area contributed by atoms with E-state index in [-0.39, 0.29) is 6.10 Å². The maximum Gasteiger partial charge on any atom is 0.325 e. The number of nitrogens with zero attached hydrogens (tertiary/aromatic N) is 3. The first-order chi connectivity index (χ1) is 17.1. The number of rotatable bonds is 10. The standard InChI is InChI=1S/C28H34N4O3/c29-17-21-5-3-8-24(25(21)19-9-10-19)26(28(33)34)32-15-13-23(18-32)35-16-2-1-7-22-12-11-20-6-4-14-30-27(20)31-22/h3,5,8,11-12,19,23,26H,1-2,4,6-7,9-10,13-16,18H2,(H,30,31)(H,33,34). The molecular weight excluding hydrogens is 440 g/mol. The van der Waals surface area contributed by atoms with E-state index in [1.165, 1.54) is 12.0 Å². The zero-order valence-electron chi connectivity index (χ0n) is 20.2. The second-order valence-electron chi connectivity index (χ2n) is 10.0. The van der Waals surface area contributed by atoms with Crippen molar-refractivity contribution in [3.8, 4) is 6.07 Å². The van der Waals surface area contributed by atoms with Crippen LogP contribution in [-0.2, 0) is 22.4 Å². The first-order valence-corrected chi connectivity index (χ1v) is 13.0. The number of aromatic nitrogens is 1. The number of carbonyl (C=O) groups is 1. The molecule has 5 rings (SSSR count). The van der Waals surface area contributed by atoms with Crippen LogP contribution in [0.2, 0.25) is 0 Å². The highest BCUT2D eigenvalue weighted by molar-refractivity contribution is 5.77. The van der Waals surface area contributed by atoms with E-state index in [9.17, 15) is 15.2 Å². The van der Waals surface area contributed by atoms with Gasteiger partial charge in [0.25, 0.3) is 0 Å². The van der Waals surface area contributed by atoms with E-state index in [0.717, 1.165) is 74.1 Å². The van der Waals surface area contributed by atoms with Gasteiger partial charge in [-0.2, -0.15) is 5.26 Å². The number of nitriles is 1. The molecule has 2 N–H and O–H groups in total. The summed E-state index contributed by atoms with van der Waals surface area (Å²) in [5, 5.41) is 23.1. The predicted octanol–water partition coefficient (Wildman–Crippen LogP) is 4.43. The van der Waals surface area contributed by atoms with Crippen LogP contribution in [0.25, 0.3) is 0 Å². The van der Waals surface area contributed by atoms with Gasteiger partial charge in [0.2, 0.25) is 0 Å². The molecule has 184 valence electrons. The Morgan fingerprint density at radius 1 is 1.26 bits per heavy atom. The number of carboxylic acids is 1. The molecule has 2 aromatic rings. The van der Waals surface area contributed by atoms with E-state index in [0.29, 0.717) is 31.2 Å². The molecule has 3 heterocycles. The van der Waals surface area contributed by atoms with Crippen LogP contribution in [-0.4, -0.2) is 53.3 Å². The van der Waals surface area contributed by atoms with Crippen LogP contribution in [0.5, 0.6) is 0 Å². The van der Waals surface area contributed by atoms with Gasteiger partial charge in [0, 0.05) is 31.9 Å². The van der Waals surface area contributed by atoms with Crippen molar-refractivity contribution in [3.63, 3.8) is 0 Å². The van der Waals surface area contributed by atoms with Crippen molar-refractivity contribution in [2.75, 3.05) is 31.6 Å². The topological polar surface area (TPSA) is 98.5 Å². The molecule has 1 aliphatic carbocycles. The quantitative estimate of drug-likeness (QED) is 0.492. The molecule has 35 heavy (non-hydrogen) atoms. The van der Waals surface area contributed by atoms with Crippen LogP contribution in [0.3, 0.4) is 0 Å². The van der Waals surface area contributed by atoms with Crippen molar-refractivity contribution >= 4 is 11.8 Å². The number of unbranched alkanes of at least 4 members (excludes halogenated alkanes) is 1. The molecule has 0 radical (unpaired) electrons. The maximum absolute atomic E-state index is 12.3. The van der Waals surface area contributed by atoms with E-state index < -0.39 is 12.0 Å². The number of hydrogen-bond acceptors (Lipinski definition) is 6. The number of fused-ring (bicyclic) bond motifs is 1. The molecule has 2 aliphatic heterocycles. The zero-order valence-corrected chi connectivity index (χ0v) is 20.2. The number of anilines is 1. The molecular formula is C28H34N4O3. The lowest BCUT2D eigenvalue weighted by molar-refractivity contribution is -0.143. The van der Waals surface area contributed by atoms with Crippen molar-refractivity contribution in [2.24, 2.45) is 0 Å². The summed E-state index contributed by atoms with van der Waals surface area (Å²) in [6.07, 6.45) is 8.14. The van der Waals surface area contributed by atoms with Crippen LogP contribution in [0.1, 0.15) is 78.4 Å². The number of ether oxygens (including phenoxy) is 1. The molecule has 0 bridgehead atoms. The lowest BCUT2D eigenvalue weighted by Gasteiger charge is -2.27. The van der Waals surface area contributed by atoms with Gasteiger partial charge in [-0.1, -0.05) is 18.2 Å². The molecule has 1 aromatic carbocycles. The summed E-state index contributed by atoms with van der Waals surface area (Å²) >= 11 is 0. The largest absolute Gasteiger partial charge is 0.480 e. The molecule has 0 spiro atoms. The van der Waals surface area contributed by atoms with Crippen molar-refractivity contribution in [1.82, 2.24) is 9.88 Å². The Bertz CT molecular complexity index is 1110. The second-order valence-corrected chi connectivity index (χ2v) is 10.0. The third kappa shape index (κ3) is 5.50. The van der Waals surface area contributed by atoms with Crippen LogP contribution >= 0.6 is 0 Å². The number of aryl methyl sites for hydroxylation is 2. The highest BCUT2D eigenvalue weighted by atomic mass is 16.5. The minimum Gasteiger partial charge on any atom is -0.480 e. The van der Waals surface area contributed by atoms with E-state index in [1.807, 2.05) is 23.1 Å².